The van der Waals surface area contributed by atoms with Crippen LogP contribution in [0, 0.1) is 5.82 Å². The lowest BCUT2D eigenvalue weighted by Gasteiger charge is -2.19. The van der Waals surface area contributed by atoms with E-state index in [1.54, 1.807) is 12.1 Å². The molecule has 1 heterocycles. The molecule has 0 bridgehead atoms. The predicted molar refractivity (Wildman–Crippen MR) is 80.2 cm³/mol. The summed E-state index contributed by atoms with van der Waals surface area (Å²) in [5.74, 6) is 0.670. The van der Waals surface area contributed by atoms with E-state index in [1.807, 2.05) is 37.3 Å². The molecule has 1 unspecified atom stereocenters. The van der Waals surface area contributed by atoms with Gasteiger partial charge >= 0.3 is 0 Å². The van der Waals surface area contributed by atoms with Gasteiger partial charge in [0.15, 0.2) is 0 Å². The minimum Gasteiger partial charge on any atom is -0.355 e. The molecule has 20 heavy (non-hydrogen) atoms. The fraction of sp³-hybridized carbons (Fsp3) is 0.312. The Morgan fingerprint density at radius 2 is 2.10 bits per heavy atom. The number of pyridine rings is 1. The predicted octanol–water partition coefficient (Wildman–Crippen LogP) is 3.14. The van der Waals surface area contributed by atoms with E-state index in [9.17, 15) is 4.39 Å². The van der Waals surface area contributed by atoms with Gasteiger partial charge in [0.05, 0.1) is 0 Å². The quantitative estimate of drug-likeness (QED) is 0.907. The van der Waals surface area contributed by atoms with Crippen LogP contribution in [0.2, 0.25) is 0 Å². The Morgan fingerprint density at radius 3 is 2.70 bits per heavy atom. The lowest BCUT2D eigenvalue weighted by Crippen LogP contribution is -2.18. The number of anilines is 1. The number of rotatable bonds is 5. The van der Waals surface area contributed by atoms with Gasteiger partial charge in [-0.05, 0) is 43.3 Å². The first-order valence-electron chi connectivity index (χ1n) is 6.69. The van der Waals surface area contributed by atoms with Crippen LogP contribution in [0.15, 0.2) is 42.6 Å². The first-order valence-corrected chi connectivity index (χ1v) is 6.69. The second-order valence-corrected chi connectivity index (χ2v) is 4.95. The van der Waals surface area contributed by atoms with Crippen molar-refractivity contribution in [3.63, 3.8) is 0 Å². The standard InChI is InChI=1S/C16H20FN3/c1-12(18-2)14-7-8-16(19-10-14)20(3)11-13-5-4-6-15(17)9-13/h4-10,12,18H,11H2,1-3H3. The van der Waals surface area contributed by atoms with Gasteiger partial charge in [0, 0.05) is 25.8 Å². The Bertz CT molecular complexity index is 554. The van der Waals surface area contributed by atoms with Crippen LogP contribution >= 0.6 is 0 Å². The third-order valence-electron chi connectivity index (χ3n) is 3.40. The third-order valence-corrected chi connectivity index (χ3v) is 3.40. The van der Waals surface area contributed by atoms with Crippen molar-refractivity contribution in [1.29, 1.82) is 0 Å². The van der Waals surface area contributed by atoms with Crippen LogP contribution in [0.25, 0.3) is 0 Å². The molecule has 1 aromatic carbocycles. The first kappa shape index (κ1) is 14.5. The lowest BCUT2D eigenvalue weighted by atomic mass is 10.1. The molecule has 0 saturated heterocycles. The van der Waals surface area contributed by atoms with Crippen LogP contribution in [0.5, 0.6) is 0 Å². The average Bonchev–Trinajstić information content (AvgIpc) is 2.46. The van der Waals surface area contributed by atoms with Gasteiger partial charge in [-0.15, -0.1) is 0 Å². The largest absolute Gasteiger partial charge is 0.355 e. The molecule has 2 rings (SSSR count). The van der Waals surface area contributed by atoms with Crippen molar-refractivity contribution in [1.82, 2.24) is 10.3 Å². The number of nitrogens with zero attached hydrogens (tertiary/aromatic N) is 2. The zero-order chi connectivity index (χ0) is 14.5. The Labute approximate surface area is 119 Å². The van der Waals surface area contributed by atoms with E-state index in [2.05, 4.69) is 23.3 Å². The summed E-state index contributed by atoms with van der Waals surface area (Å²) in [4.78, 5) is 6.46. The van der Waals surface area contributed by atoms with Crippen LogP contribution in [0.3, 0.4) is 0 Å². The summed E-state index contributed by atoms with van der Waals surface area (Å²) in [7, 11) is 3.88. The maximum absolute atomic E-state index is 13.2. The maximum atomic E-state index is 13.2. The van der Waals surface area contributed by atoms with Crippen molar-refractivity contribution in [2.24, 2.45) is 0 Å². The minimum atomic E-state index is -0.206. The van der Waals surface area contributed by atoms with Crippen molar-refractivity contribution >= 4 is 5.82 Å². The number of aromatic nitrogens is 1. The second-order valence-electron chi connectivity index (χ2n) is 4.95. The van der Waals surface area contributed by atoms with Crippen LogP contribution in [0.1, 0.15) is 24.1 Å². The SMILES string of the molecule is CNC(C)c1ccc(N(C)Cc2cccc(F)c2)nc1. The number of hydrogen-bond acceptors (Lipinski definition) is 3. The molecule has 2 aromatic rings. The summed E-state index contributed by atoms with van der Waals surface area (Å²) in [6, 6.07) is 11.0. The van der Waals surface area contributed by atoms with Crippen LogP contribution < -0.4 is 10.2 Å². The minimum absolute atomic E-state index is 0.206. The van der Waals surface area contributed by atoms with Crippen molar-refractivity contribution in [2.45, 2.75) is 19.5 Å². The molecule has 0 aliphatic rings. The van der Waals surface area contributed by atoms with Gasteiger partial charge in [-0.2, -0.15) is 0 Å². The van der Waals surface area contributed by atoms with Gasteiger partial charge in [-0.1, -0.05) is 18.2 Å². The van der Waals surface area contributed by atoms with E-state index < -0.39 is 0 Å². The molecule has 1 N–H and O–H groups in total. The van der Waals surface area contributed by atoms with E-state index >= 15 is 0 Å². The molecule has 0 saturated carbocycles. The van der Waals surface area contributed by atoms with E-state index in [0.717, 1.165) is 16.9 Å². The van der Waals surface area contributed by atoms with Gasteiger partial charge in [0.25, 0.3) is 0 Å². The number of hydrogen-bond donors (Lipinski definition) is 1. The summed E-state index contributed by atoms with van der Waals surface area (Å²) < 4.78 is 13.2. The molecule has 106 valence electrons. The molecule has 0 radical (unpaired) electrons. The average molecular weight is 273 g/mol. The Kier molecular flexibility index (Phi) is 4.69. The van der Waals surface area contributed by atoms with Crippen molar-refractivity contribution in [3.8, 4) is 0 Å². The Balaban J connectivity index is 2.07. The van der Waals surface area contributed by atoms with Crippen molar-refractivity contribution in [2.75, 3.05) is 19.0 Å². The topological polar surface area (TPSA) is 28.2 Å². The summed E-state index contributed by atoms with van der Waals surface area (Å²) in [6.07, 6.45) is 1.87. The number of benzene rings is 1. The Hall–Kier alpha value is -1.94. The van der Waals surface area contributed by atoms with Crippen LogP contribution in [0.4, 0.5) is 10.2 Å². The highest BCUT2D eigenvalue weighted by atomic mass is 19.1. The van der Waals surface area contributed by atoms with Crippen LogP contribution in [-0.2, 0) is 6.54 Å². The van der Waals surface area contributed by atoms with E-state index in [4.69, 9.17) is 0 Å². The molecule has 4 heteroatoms. The van der Waals surface area contributed by atoms with Gasteiger partial charge in [-0.3, -0.25) is 0 Å². The van der Waals surface area contributed by atoms with Gasteiger partial charge < -0.3 is 10.2 Å². The zero-order valence-corrected chi connectivity index (χ0v) is 12.1. The fourth-order valence-corrected chi connectivity index (χ4v) is 2.04. The number of halogens is 1. The van der Waals surface area contributed by atoms with Gasteiger partial charge in [-0.25, -0.2) is 9.37 Å². The first-order chi connectivity index (χ1) is 9.60. The highest BCUT2D eigenvalue weighted by molar-refractivity contribution is 5.40. The third kappa shape index (κ3) is 3.54. The second kappa shape index (κ2) is 6.48. The van der Waals surface area contributed by atoms with Crippen molar-refractivity contribution < 1.29 is 4.39 Å². The highest BCUT2D eigenvalue weighted by Gasteiger charge is 2.07. The van der Waals surface area contributed by atoms with E-state index in [1.165, 1.54) is 6.07 Å². The maximum Gasteiger partial charge on any atom is 0.128 e. The molecule has 0 aliphatic heterocycles. The molecule has 0 amide bonds. The molecular weight excluding hydrogens is 253 g/mol. The molecular formula is C16H20FN3. The fourth-order valence-electron chi connectivity index (χ4n) is 2.04. The molecule has 3 nitrogen and oxygen atoms in total. The molecule has 1 aromatic heterocycles. The zero-order valence-electron chi connectivity index (χ0n) is 12.1. The van der Waals surface area contributed by atoms with Crippen molar-refractivity contribution in [3.05, 3.63) is 59.5 Å². The smallest absolute Gasteiger partial charge is 0.128 e. The van der Waals surface area contributed by atoms with E-state index in [-0.39, 0.29) is 11.9 Å². The number of nitrogens with one attached hydrogen (secondary N) is 1. The molecule has 0 aliphatic carbocycles. The van der Waals surface area contributed by atoms with Gasteiger partial charge in [0.2, 0.25) is 0 Å². The molecule has 1 atom stereocenters. The summed E-state index contributed by atoms with van der Waals surface area (Å²) in [5.41, 5.74) is 2.08. The Morgan fingerprint density at radius 1 is 1.30 bits per heavy atom. The summed E-state index contributed by atoms with van der Waals surface area (Å²) in [6.45, 7) is 2.72. The van der Waals surface area contributed by atoms with E-state index in [0.29, 0.717) is 6.54 Å². The summed E-state index contributed by atoms with van der Waals surface area (Å²) >= 11 is 0. The summed E-state index contributed by atoms with van der Waals surface area (Å²) in [5, 5.41) is 3.18. The molecule has 0 spiro atoms. The normalized spacial score (nSPS) is 12.2. The molecule has 0 fully saturated rings. The van der Waals surface area contributed by atoms with Crippen LogP contribution in [-0.4, -0.2) is 19.1 Å². The monoisotopic (exact) mass is 273 g/mol. The highest BCUT2D eigenvalue weighted by Crippen LogP contribution is 2.17. The lowest BCUT2D eigenvalue weighted by molar-refractivity contribution is 0.625. The van der Waals surface area contributed by atoms with Gasteiger partial charge in [0.1, 0.15) is 11.6 Å².